The zero-order chi connectivity index (χ0) is 31.6. The lowest BCUT2D eigenvalue weighted by atomic mass is 9.70. The molecule has 2 atom stereocenters. The molecule has 0 radical (unpaired) electrons. The van der Waals surface area contributed by atoms with Crippen LogP contribution in [0.4, 0.5) is 0 Å². The van der Waals surface area contributed by atoms with E-state index < -0.39 is 0 Å². The molecule has 2 unspecified atom stereocenters. The number of rotatable bonds is 5. The molecule has 3 fully saturated rings. The molecule has 0 saturated heterocycles. The second-order valence-corrected chi connectivity index (χ2v) is 18.2. The highest BCUT2D eigenvalue weighted by molar-refractivity contribution is 6.10. The zero-order valence-corrected chi connectivity index (χ0v) is 28.9. The van der Waals surface area contributed by atoms with E-state index in [0.717, 1.165) is 44.4 Å². The highest BCUT2D eigenvalue weighted by atomic mass is 16.2. The topological polar surface area (TPSA) is 68.3 Å². The van der Waals surface area contributed by atoms with Crippen molar-refractivity contribution in [3.8, 4) is 0 Å². The van der Waals surface area contributed by atoms with Gasteiger partial charge in [-0.05, 0) is 86.9 Å². The lowest BCUT2D eigenvalue weighted by Gasteiger charge is -2.34. The van der Waals surface area contributed by atoms with Crippen molar-refractivity contribution in [1.82, 2.24) is 0 Å². The molecule has 3 rings (SSSR count). The van der Waals surface area contributed by atoms with E-state index in [0.29, 0.717) is 41.7 Å². The number of carbonyl (C=O) groups excluding carboxylic acids is 4. The van der Waals surface area contributed by atoms with E-state index in [2.05, 4.69) is 62.3 Å². The molecule has 4 nitrogen and oxygen atoms in total. The van der Waals surface area contributed by atoms with Crippen LogP contribution in [-0.4, -0.2) is 23.1 Å². The summed E-state index contributed by atoms with van der Waals surface area (Å²) in [5.41, 5.74) is -0.111. The highest BCUT2D eigenvalue weighted by Gasteiger charge is 2.47. The van der Waals surface area contributed by atoms with E-state index in [1.54, 1.807) is 0 Å². The van der Waals surface area contributed by atoms with Crippen molar-refractivity contribution in [2.45, 2.75) is 154 Å². The summed E-state index contributed by atoms with van der Waals surface area (Å²) in [5, 5.41) is 0. The van der Waals surface area contributed by atoms with Crippen LogP contribution in [0.1, 0.15) is 154 Å². The van der Waals surface area contributed by atoms with E-state index in [9.17, 15) is 19.2 Å². The average molecular weight is 573 g/mol. The third-order valence-electron chi connectivity index (χ3n) is 9.91. The fourth-order valence-electron chi connectivity index (χ4n) is 7.54. The predicted octanol–water partition coefficient (Wildman–Crippen LogP) is 9.46. The monoisotopic (exact) mass is 572 g/mol. The molecule has 3 aliphatic carbocycles. The first kappa shape index (κ1) is 35.9. The molecule has 4 heteroatoms. The number of Topliss-reactive ketones (excluding diaryl/α,β-unsaturated/α-hetero) is 4. The minimum absolute atomic E-state index is 0.117. The molecule has 0 N–H and O–H groups in total. The van der Waals surface area contributed by atoms with Crippen LogP contribution < -0.4 is 0 Å². The van der Waals surface area contributed by atoms with Gasteiger partial charge in [-0.1, -0.05) is 83.1 Å². The van der Waals surface area contributed by atoms with Crippen LogP contribution in [0.25, 0.3) is 0 Å². The molecule has 236 valence electrons. The Morgan fingerprint density at radius 3 is 1.32 bits per heavy atom. The van der Waals surface area contributed by atoms with Crippen molar-refractivity contribution >= 4 is 23.1 Å². The van der Waals surface area contributed by atoms with E-state index in [1.165, 1.54) is 19.3 Å². The highest BCUT2D eigenvalue weighted by Crippen LogP contribution is 2.43. The van der Waals surface area contributed by atoms with Gasteiger partial charge in [0.05, 0.1) is 5.92 Å². The first-order valence-electron chi connectivity index (χ1n) is 16.7. The first-order valence-corrected chi connectivity index (χ1v) is 16.7. The maximum Gasteiger partial charge on any atom is 0.147 e. The Morgan fingerprint density at radius 2 is 1.00 bits per heavy atom. The van der Waals surface area contributed by atoms with Crippen LogP contribution in [0.5, 0.6) is 0 Å². The van der Waals surface area contributed by atoms with Crippen LogP contribution in [0.3, 0.4) is 0 Å². The third-order valence-corrected chi connectivity index (χ3v) is 9.91. The van der Waals surface area contributed by atoms with Crippen molar-refractivity contribution in [1.29, 1.82) is 0 Å². The molecule has 0 aromatic carbocycles. The summed E-state index contributed by atoms with van der Waals surface area (Å²) in [6, 6.07) is 0. The average Bonchev–Trinajstić information content (AvgIpc) is 3.11. The lowest BCUT2D eigenvalue weighted by Crippen LogP contribution is -2.32. The van der Waals surface area contributed by atoms with Crippen LogP contribution in [-0.2, 0) is 19.2 Å². The van der Waals surface area contributed by atoms with Gasteiger partial charge in [-0.15, -0.1) is 0 Å². The molecular weight excluding hydrogens is 508 g/mol. The van der Waals surface area contributed by atoms with Gasteiger partial charge in [0.25, 0.3) is 0 Å². The van der Waals surface area contributed by atoms with Gasteiger partial charge in [0, 0.05) is 35.0 Å². The number of ketones is 4. The molecule has 0 aromatic heterocycles. The molecule has 0 aliphatic heterocycles. The molecular formula is C37H64O4. The first-order chi connectivity index (χ1) is 18.5. The summed E-state index contributed by atoms with van der Waals surface area (Å²) in [5.74, 6) is 2.43. The van der Waals surface area contributed by atoms with Gasteiger partial charge in [0.2, 0.25) is 0 Å². The molecule has 0 amide bonds. The largest absolute Gasteiger partial charge is 0.299 e. The van der Waals surface area contributed by atoms with Crippen LogP contribution in [0.2, 0.25) is 0 Å². The van der Waals surface area contributed by atoms with E-state index >= 15 is 0 Å². The van der Waals surface area contributed by atoms with Crippen LogP contribution >= 0.6 is 0 Å². The smallest absolute Gasteiger partial charge is 0.147 e. The second-order valence-electron chi connectivity index (χ2n) is 18.2. The Labute approximate surface area is 253 Å². The minimum atomic E-state index is -0.380. The van der Waals surface area contributed by atoms with Crippen LogP contribution in [0, 0.1) is 57.2 Å². The number of carbonyl (C=O) groups is 4. The van der Waals surface area contributed by atoms with Crippen LogP contribution in [0.15, 0.2) is 0 Å². The number of hydrogen-bond donors (Lipinski definition) is 0. The summed E-state index contributed by atoms with van der Waals surface area (Å²) in [7, 11) is 0. The second kappa shape index (κ2) is 13.5. The van der Waals surface area contributed by atoms with Gasteiger partial charge in [-0.3, -0.25) is 19.2 Å². The fraction of sp³-hybridized carbons (Fsp3) is 0.892. The summed E-state index contributed by atoms with van der Waals surface area (Å²) in [4.78, 5) is 49.6. The maximum atomic E-state index is 12.7. The lowest BCUT2D eigenvalue weighted by molar-refractivity contribution is -0.133. The zero-order valence-electron chi connectivity index (χ0n) is 28.9. The molecule has 0 spiro atoms. The SMILES string of the molecule is CC(C)(C)C(=O)C1CCC(CC2C(=O)CC(C(C)(C)C)C2=O)CC1.CC(C)(C)CC1CCC(C(=O)C(C)(C)C)CC1. The van der Waals surface area contributed by atoms with E-state index in [1.807, 2.05) is 20.8 Å². The molecule has 0 heterocycles. The predicted molar refractivity (Wildman–Crippen MR) is 170 cm³/mol. The normalized spacial score (nSPS) is 30.0. The molecule has 0 bridgehead atoms. The van der Waals surface area contributed by atoms with Gasteiger partial charge in [0.15, 0.2) is 0 Å². The Bertz CT molecular complexity index is 914. The van der Waals surface area contributed by atoms with Crippen molar-refractivity contribution in [2.24, 2.45) is 57.2 Å². The quantitative estimate of drug-likeness (QED) is 0.308. The number of hydrogen-bond acceptors (Lipinski definition) is 4. The minimum Gasteiger partial charge on any atom is -0.299 e. The molecule has 3 saturated carbocycles. The Morgan fingerprint density at radius 1 is 0.610 bits per heavy atom. The van der Waals surface area contributed by atoms with Gasteiger partial charge in [-0.25, -0.2) is 0 Å². The fourth-order valence-corrected chi connectivity index (χ4v) is 7.54. The third kappa shape index (κ3) is 10.7. The Hall–Kier alpha value is -1.32. The van der Waals surface area contributed by atoms with Crippen molar-refractivity contribution in [2.75, 3.05) is 0 Å². The van der Waals surface area contributed by atoms with Crippen molar-refractivity contribution < 1.29 is 19.2 Å². The van der Waals surface area contributed by atoms with Gasteiger partial charge in [0.1, 0.15) is 23.1 Å². The summed E-state index contributed by atoms with van der Waals surface area (Å²) in [6.07, 6.45) is 11.0. The van der Waals surface area contributed by atoms with Gasteiger partial charge < -0.3 is 0 Å². The summed E-state index contributed by atoms with van der Waals surface area (Å²) in [6.45, 7) is 25.2. The van der Waals surface area contributed by atoms with E-state index in [-0.39, 0.29) is 45.6 Å². The van der Waals surface area contributed by atoms with E-state index in [4.69, 9.17) is 0 Å². The molecule has 41 heavy (non-hydrogen) atoms. The summed E-state index contributed by atoms with van der Waals surface area (Å²) < 4.78 is 0. The molecule has 3 aliphatic rings. The standard InChI is InChI=1S/C21H34O3.C16H30O/c1-20(2,3)16-12-17(22)15(18(16)23)11-13-7-9-14(10-8-13)19(24)21(4,5)6;1-15(2,3)11-12-7-9-13(10-8-12)14(17)16(4,5)6/h13-16H,7-12H2,1-6H3;12-13H,7-11H2,1-6H3. The maximum absolute atomic E-state index is 12.7. The van der Waals surface area contributed by atoms with Crippen molar-refractivity contribution in [3.05, 3.63) is 0 Å². The van der Waals surface area contributed by atoms with Gasteiger partial charge in [-0.2, -0.15) is 0 Å². The molecule has 0 aromatic rings. The Balaban J connectivity index is 0.000000305. The Kier molecular flexibility index (Phi) is 11.8. The summed E-state index contributed by atoms with van der Waals surface area (Å²) >= 11 is 0. The van der Waals surface area contributed by atoms with Gasteiger partial charge >= 0.3 is 0 Å². The van der Waals surface area contributed by atoms with Crippen molar-refractivity contribution in [3.63, 3.8) is 0 Å².